The molecule has 0 radical (unpaired) electrons. The van der Waals surface area contributed by atoms with Crippen molar-refractivity contribution in [1.82, 2.24) is 24.6 Å². The highest BCUT2D eigenvalue weighted by Gasteiger charge is 2.25. The molecule has 0 aliphatic carbocycles. The minimum atomic E-state index is -0.0489. The highest BCUT2D eigenvalue weighted by molar-refractivity contribution is 5.48. The van der Waals surface area contributed by atoms with Gasteiger partial charge in [0.15, 0.2) is 0 Å². The Morgan fingerprint density at radius 3 is 2.90 bits per heavy atom. The molecule has 2 aliphatic heterocycles. The summed E-state index contributed by atoms with van der Waals surface area (Å²) in [4.78, 5) is 25.8. The van der Waals surface area contributed by atoms with Crippen LogP contribution in [0.4, 0.5) is 11.6 Å². The van der Waals surface area contributed by atoms with Gasteiger partial charge in [0.25, 0.3) is 5.56 Å². The number of nitrogens with one attached hydrogen (secondary N) is 1. The molecule has 29 heavy (non-hydrogen) atoms. The summed E-state index contributed by atoms with van der Waals surface area (Å²) in [6.07, 6.45) is 6.09. The number of hydrogen-bond acceptors (Lipinski definition) is 7. The van der Waals surface area contributed by atoms with Gasteiger partial charge in [-0.05, 0) is 46.2 Å². The van der Waals surface area contributed by atoms with Gasteiger partial charge in [0, 0.05) is 50.3 Å². The van der Waals surface area contributed by atoms with Gasteiger partial charge in [0.1, 0.15) is 18.0 Å². The molecule has 2 aromatic heterocycles. The maximum absolute atomic E-state index is 12.1. The van der Waals surface area contributed by atoms with Crippen molar-refractivity contribution in [2.24, 2.45) is 0 Å². The largest absolute Gasteiger partial charge is 0.368 e. The van der Waals surface area contributed by atoms with Crippen molar-refractivity contribution in [3.63, 3.8) is 0 Å². The fourth-order valence-electron chi connectivity index (χ4n) is 4.30. The zero-order valence-electron chi connectivity index (χ0n) is 17.6. The molecule has 0 spiro atoms. The lowest BCUT2D eigenvalue weighted by molar-refractivity contribution is 0.309. The number of rotatable bonds is 5. The van der Waals surface area contributed by atoms with Crippen molar-refractivity contribution < 1.29 is 0 Å². The van der Waals surface area contributed by atoms with Crippen molar-refractivity contribution in [3.05, 3.63) is 40.1 Å². The summed E-state index contributed by atoms with van der Waals surface area (Å²) in [7, 11) is 2.14. The van der Waals surface area contributed by atoms with Crippen LogP contribution in [-0.4, -0.2) is 57.4 Å². The molecule has 1 saturated heterocycles. The molecular weight excluding hydrogens is 366 g/mol. The second-order valence-corrected chi connectivity index (χ2v) is 8.43. The van der Waals surface area contributed by atoms with Gasteiger partial charge in [-0.1, -0.05) is 0 Å². The van der Waals surface area contributed by atoms with Gasteiger partial charge in [-0.15, -0.1) is 0 Å². The zero-order chi connectivity index (χ0) is 20.4. The van der Waals surface area contributed by atoms with Crippen LogP contribution in [0.3, 0.4) is 0 Å². The van der Waals surface area contributed by atoms with E-state index >= 15 is 0 Å². The molecule has 1 unspecified atom stereocenters. The first-order chi connectivity index (χ1) is 14.0. The second kappa shape index (κ2) is 8.49. The third-order valence-electron chi connectivity index (χ3n) is 5.92. The highest BCUT2D eigenvalue weighted by atomic mass is 16.1. The first-order valence-corrected chi connectivity index (χ1v) is 10.6. The van der Waals surface area contributed by atoms with Crippen molar-refractivity contribution in [3.8, 4) is 0 Å². The highest BCUT2D eigenvalue weighted by Crippen LogP contribution is 2.25. The van der Waals surface area contributed by atoms with Crippen LogP contribution in [0.25, 0.3) is 0 Å². The molecule has 1 atom stereocenters. The fourth-order valence-corrected chi connectivity index (χ4v) is 4.30. The minimum Gasteiger partial charge on any atom is -0.368 e. The maximum Gasteiger partial charge on any atom is 0.267 e. The Balaban J connectivity index is 1.53. The van der Waals surface area contributed by atoms with Gasteiger partial charge in [-0.25, -0.2) is 14.6 Å². The quantitative estimate of drug-likeness (QED) is 0.827. The van der Waals surface area contributed by atoms with Gasteiger partial charge in [-0.3, -0.25) is 4.79 Å². The molecule has 2 aliphatic rings. The SMILES string of the molecule is CC(C)n1nc(N2CCCCC2CNc2ncnc3c2CN(C)CC3)ccc1=O. The molecule has 2 aromatic rings. The molecule has 0 bridgehead atoms. The van der Waals surface area contributed by atoms with E-state index in [1.807, 2.05) is 19.9 Å². The normalized spacial score (nSPS) is 20.0. The second-order valence-electron chi connectivity index (χ2n) is 8.43. The van der Waals surface area contributed by atoms with Gasteiger partial charge < -0.3 is 15.1 Å². The lowest BCUT2D eigenvalue weighted by Gasteiger charge is -2.37. The number of likely N-dealkylation sites (N-methyl/N-ethyl adjacent to an activating group) is 1. The van der Waals surface area contributed by atoms with E-state index in [4.69, 9.17) is 0 Å². The third kappa shape index (κ3) is 4.27. The predicted molar refractivity (Wildman–Crippen MR) is 114 cm³/mol. The van der Waals surface area contributed by atoms with E-state index in [9.17, 15) is 4.79 Å². The standard InChI is InChI=1S/C21H31N7O/c1-15(2)28-20(29)8-7-19(25-28)27-10-5-4-6-16(27)12-22-21-17-13-26(3)11-9-18(17)23-14-24-21/h7-8,14-16H,4-6,9-13H2,1-3H3,(H,22,23,24). The first-order valence-electron chi connectivity index (χ1n) is 10.6. The number of aromatic nitrogens is 4. The van der Waals surface area contributed by atoms with Crippen molar-refractivity contribution in [1.29, 1.82) is 0 Å². The van der Waals surface area contributed by atoms with Crippen molar-refractivity contribution in [2.75, 3.05) is 36.9 Å². The molecule has 8 heteroatoms. The lowest BCUT2D eigenvalue weighted by Crippen LogP contribution is -2.45. The molecule has 4 rings (SSSR count). The summed E-state index contributed by atoms with van der Waals surface area (Å²) in [5, 5.41) is 8.25. The van der Waals surface area contributed by atoms with Gasteiger partial charge in [0.2, 0.25) is 0 Å². The molecule has 156 valence electrons. The smallest absolute Gasteiger partial charge is 0.267 e. The molecule has 1 N–H and O–H groups in total. The number of piperidine rings is 1. The number of fused-ring (bicyclic) bond motifs is 1. The average molecular weight is 398 g/mol. The van der Waals surface area contributed by atoms with Crippen LogP contribution in [-0.2, 0) is 13.0 Å². The Morgan fingerprint density at radius 2 is 2.07 bits per heavy atom. The number of nitrogens with zero attached hydrogens (tertiary/aromatic N) is 6. The Morgan fingerprint density at radius 1 is 1.21 bits per heavy atom. The number of anilines is 2. The van der Waals surface area contributed by atoms with E-state index in [1.165, 1.54) is 12.0 Å². The molecule has 0 saturated carbocycles. The van der Waals surface area contributed by atoms with Crippen LogP contribution in [0.2, 0.25) is 0 Å². The lowest BCUT2D eigenvalue weighted by atomic mass is 10.0. The molecule has 4 heterocycles. The summed E-state index contributed by atoms with van der Waals surface area (Å²) < 4.78 is 1.57. The molecule has 0 aromatic carbocycles. The maximum atomic E-state index is 12.1. The summed E-state index contributed by atoms with van der Waals surface area (Å²) >= 11 is 0. The van der Waals surface area contributed by atoms with Crippen LogP contribution >= 0.6 is 0 Å². The van der Waals surface area contributed by atoms with Crippen LogP contribution in [0.1, 0.15) is 50.4 Å². The monoisotopic (exact) mass is 397 g/mol. The Kier molecular flexibility index (Phi) is 5.80. The zero-order valence-corrected chi connectivity index (χ0v) is 17.6. The Labute approximate surface area is 172 Å². The average Bonchev–Trinajstić information content (AvgIpc) is 2.72. The van der Waals surface area contributed by atoms with Crippen LogP contribution in [0, 0.1) is 0 Å². The van der Waals surface area contributed by atoms with Gasteiger partial charge in [0.05, 0.1) is 11.7 Å². The van der Waals surface area contributed by atoms with Crippen LogP contribution < -0.4 is 15.8 Å². The minimum absolute atomic E-state index is 0.0489. The third-order valence-corrected chi connectivity index (χ3v) is 5.92. The Bertz CT molecular complexity index is 910. The summed E-state index contributed by atoms with van der Waals surface area (Å²) in [6, 6.07) is 3.87. The van der Waals surface area contributed by atoms with E-state index in [1.54, 1.807) is 17.1 Å². The fraction of sp³-hybridized carbons (Fsp3) is 0.619. The van der Waals surface area contributed by atoms with E-state index in [2.05, 4.69) is 37.2 Å². The van der Waals surface area contributed by atoms with E-state index in [0.717, 1.165) is 62.8 Å². The number of hydrogen-bond donors (Lipinski definition) is 1. The van der Waals surface area contributed by atoms with E-state index in [-0.39, 0.29) is 11.6 Å². The van der Waals surface area contributed by atoms with Gasteiger partial charge in [-0.2, -0.15) is 5.10 Å². The van der Waals surface area contributed by atoms with Crippen molar-refractivity contribution in [2.45, 2.75) is 58.2 Å². The molecule has 1 fully saturated rings. The Hall–Kier alpha value is -2.48. The molecule has 8 nitrogen and oxygen atoms in total. The van der Waals surface area contributed by atoms with E-state index < -0.39 is 0 Å². The topological polar surface area (TPSA) is 79.2 Å². The van der Waals surface area contributed by atoms with Crippen LogP contribution in [0.15, 0.2) is 23.3 Å². The predicted octanol–water partition coefficient (Wildman–Crippen LogP) is 2.07. The summed E-state index contributed by atoms with van der Waals surface area (Å²) in [5.74, 6) is 1.83. The summed E-state index contributed by atoms with van der Waals surface area (Å²) in [6.45, 7) is 7.66. The molecular formula is C21H31N7O. The van der Waals surface area contributed by atoms with Crippen molar-refractivity contribution >= 4 is 11.6 Å². The van der Waals surface area contributed by atoms with E-state index in [0.29, 0.717) is 6.04 Å². The van der Waals surface area contributed by atoms with Gasteiger partial charge >= 0.3 is 0 Å². The van der Waals surface area contributed by atoms with Crippen LogP contribution in [0.5, 0.6) is 0 Å². The summed E-state index contributed by atoms with van der Waals surface area (Å²) in [5.41, 5.74) is 2.33. The first kappa shape index (κ1) is 19.8. The molecule has 0 amide bonds.